The van der Waals surface area contributed by atoms with Gasteiger partial charge < -0.3 is 20.3 Å². The third-order valence-corrected chi connectivity index (χ3v) is 4.99. The molecule has 4 rings (SSSR count). The fourth-order valence-corrected chi connectivity index (χ4v) is 3.83. The molecule has 132 valence electrons. The molecule has 0 aliphatic carbocycles. The van der Waals surface area contributed by atoms with Gasteiger partial charge in [0.25, 0.3) is 0 Å². The minimum atomic E-state index is -0.692. The molecule has 7 nitrogen and oxygen atoms in total. The Labute approximate surface area is 145 Å². The van der Waals surface area contributed by atoms with Crippen molar-refractivity contribution in [3.63, 3.8) is 0 Å². The SMILES string of the molecule is O=C(NCC1CCCO1)C(=O)Nc1cc2c3c(c1)CC(=O)N3CCC2. The molecule has 3 heterocycles. The molecule has 1 unspecified atom stereocenters. The maximum absolute atomic E-state index is 12.1. The Morgan fingerprint density at radius 3 is 2.84 bits per heavy atom. The van der Waals surface area contributed by atoms with E-state index < -0.39 is 11.8 Å². The van der Waals surface area contributed by atoms with Crippen LogP contribution >= 0.6 is 0 Å². The number of hydrogen-bond acceptors (Lipinski definition) is 4. The van der Waals surface area contributed by atoms with Gasteiger partial charge in [-0.1, -0.05) is 0 Å². The number of carbonyl (C=O) groups excluding carboxylic acids is 3. The van der Waals surface area contributed by atoms with Gasteiger partial charge in [0.2, 0.25) is 5.91 Å². The van der Waals surface area contributed by atoms with E-state index in [1.807, 2.05) is 11.0 Å². The maximum Gasteiger partial charge on any atom is 0.313 e. The molecule has 3 aliphatic rings. The Morgan fingerprint density at radius 2 is 2.04 bits per heavy atom. The lowest BCUT2D eigenvalue weighted by atomic mass is 9.99. The van der Waals surface area contributed by atoms with E-state index in [2.05, 4.69) is 10.6 Å². The van der Waals surface area contributed by atoms with Crippen molar-refractivity contribution in [2.75, 3.05) is 29.9 Å². The molecule has 0 bridgehead atoms. The van der Waals surface area contributed by atoms with E-state index in [1.54, 1.807) is 6.07 Å². The van der Waals surface area contributed by atoms with Gasteiger partial charge in [0, 0.05) is 25.4 Å². The molecule has 1 aromatic carbocycles. The van der Waals surface area contributed by atoms with Crippen LogP contribution in [0.25, 0.3) is 0 Å². The first kappa shape index (κ1) is 16.1. The fraction of sp³-hybridized carbons (Fsp3) is 0.500. The first-order chi connectivity index (χ1) is 12.1. The van der Waals surface area contributed by atoms with Gasteiger partial charge in [-0.2, -0.15) is 0 Å². The van der Waals surface area contributed by atoms with Gasteiger partial charge in [-0.05, 0) is 48.9 Å². The molecule has 3 aliphatic heterocycles. The second-order valence-electron chi connectivity index (χ2n) is 6.77. The van der Waals surface area contributed by atoms with Crippen LogP contribution in [0.4, 0.5) is 11.4 Å². The van der Waals surface area contributed by atoms with Gasteiger partial charge in [-0.15, -0.1) is 0 Å². The van der Waals surface area contributed by atoms with E-state index in [0.717, 1.165) is 49.0 Å². The predicted molar refractivity (Wildman–Crippen MR) is 91.4 cm³/mol. The number of aryl methyl sites for hydroxylation is 1. The van der Waals surface area contributed by atoms with Crippen LogP contribution in [0.15, 0.2) is 12.1 Å². The zero-order chi connectivity index (χ0) is 17.4. The van der Waals surface area contributed by atoms with Gasteiger partial charge in [0.1, 0.15) is 0 Å². The molecule has 1 atom stereocenters. The summed E-state index contributed by atoms with van der Waals surface area (Å²) in [6.07, 6.45) is 4.04. The van der Waals surface area contributed by atoms with Crippen molar-refractivity contribution in [1.82, 2.24) is 5.32 Å². The van der Waals surface area contributed by atoms with E-state index >= 15 is 0 Å². The Balaban J connectivity index is 1.42. The van der Waals surface area contributed by atoms with Crippen molar-refractivity contribution in [3.8, 4) is 0 Å². The number of hydrogen-bond donors (Lipinski definition) is 2. The minimum absolute atomic E-state index is 0.00167. The molecule has 1 saturated heterocycles. The summed E-state index contributed by atoms with van der Waals surface area (Å²) in [5.74, 6) is -1.25. The Morgan fingerprint density at radius 1 is 1.20 bits per heavy atom. The largest absolute Gasteiger partial charge is 0.376 e. The van der Waals surface area contributed by atoms with Gasteiger partial charge in [-0.25, -0.2) is 0 Å². The molecule has 2 N–H and O–H groups in total. The smallest absolute Gasteiger partial charge is 0.313 e. The number of nitrogens with zero attached hydrogens (tertiary/aromatic N) is 1. The molecule has 0 aromatic heterocycles. The van der Waals surface area contributed by atoms with E-state index in [9.17, 15) is 14.4 Å². The molecular formula is C18H21N3O4. The van der Waals surface area contributed by atoms with E-state index in [-0.39, 0.29) is 12.0 Å². The number of rotatable bonds is 3. The molecular weight excluding hydrogens is 322 g/mol. The van der Waals surface area contributed by atoms with E-state index in [1.165, 1.54) is 0 Å². The van der Waals surface area contributed by atoms with Crippen molar-refractivity contribution in [1.29, 1.82) is 0 Å². The summed E-state index contributed by atoms with van der Waals surface area (Å²) in [5.41, 5.74) is 3.56. The number of benzene rings is 1. The molecule has 7 heteroatoms. The zero-order valence-electron chi connectivity index (χ0n) is 14.0. The van der Waals surface area contributed by atoms with E-state index in [4.69, 9.17) is 4.74 Å². The Bertz CT molecular complexity index is 740. The monoisotopic (exact) mass is 343 g/mol. The second-order valence-corrected chi connectivity index (χ2v) is 6.77. The van der Waals surface area contributed by atoms with Crippen LogP contribution in [0.2, 0.25) is 0 Å². The summed E-state index contributed by atoms with van der Waals surface area (Å²) in [6.45, 7) is 1.82. The molecule has 1 aromatic rings. The van der Waals surface area contributed by atoms with Crippen LogP contribution in [-0.4, -0.2) is 43.5 Å². The third kappa shape index (κ3) is 3.11. The van der Waals surface area contributed by atoms with Gasteiger partial charge in [0.05, 0.1) is 18.2 Å². The number of nitrogens with one attached hydrogen (secondary N) is 2. The topological polar surface area (TPSA) is 87.7 Å². The lowest BCUT2D eigenvalue weighted by Gasteiger charge is -2.26. The quantitative estimate of drug-likeness (QED) is 0.793. The lowest BCUT2D eigenvalue weighted by Crippen LogP contribution is -2.39. The highest BCUT2D eigenvalue weighted by atomic mass is 16.5. The van der Waals surface area contributed by atoms with Crippen molar-refractivity contribution < 1.29 is 19.1 Å². The molecule has 0 spiro atoms. The van der Waals surface area contributed by atoms with Gasteiger partial charge in [-0.3, -0.25) is 14.4 Å². The molecule has 0 saturated carbocycles. The second kappa shape index (κ2) is 6.48. The van der Waals surface area contributed by atoms with Gasteiger partial charge in [0.15, 0.2) is 0 Å². The first-order valence-electron chi connectivity index (χ1n) is 8.79. The number of amides is 3. The average molecular weight is 343 g/mol. The fourth-order valence-electron chi connectivity index (χ4n) is 3.83. The van der Waals surface area contributed by atoms with Crippen LogP contribution < -0.4 is 15.5 Å². The number of carbonyl (C=O) groups is 3. The summed E-state index contributed by atoms with van der Waals surface area (Å²) in [6, 6.07) is 3.67. The summed E-state index contributed by atoms with van der Waals surface area (Å²) in [5, 5.41) is 5.27. The van der Waals surface area contributed by atoms with Crippen LogP contribution in [0, 0.1) is 0 Å². The maximum atomic E-state index is 12.1. The standard InChI is InChI=1S/C18H21N3O4/c22-15-9-12-8-13(7-11-3-1-5-21(15)16(11)12)20-18(24)17(23)19-10-14-4-2-6-25-14/h7-8,14H,1-6,9-10H2,(H,19,23)(H,20,24). The predicted octanol–water partition coefficient (Wildman–Crippen LogP) is 0.756. The van der Waals surface area contributed by atoms with Gasteiger partial charge >= 0.3 is 11.8 Å². The molecule has 3 amide bonds. The molecule has 25 heavy (non-hydrogen) atoms. The zero-order valence-corrected chi connectivity index (χ0v) is 14.0. The van der Waals surface area contributed by atoms with Crippen LogP contribution in [0.3, 0.4) is 0 Å². The van der Waals surface area contributed by atoms with Crippen molar-refractivity contribution in [2.24, 2.45) is 0 Å². The summed E-state index contributed by atoms with van der Waals surface area (Å²) < 4.78 is 5.43. The Hall–Kier alpha value is -2.41. The minimum Gasteiger partial charge on any atom is -0.376 e. The van der Waals surface area contributed by atoms with Crippen LogP contribution in [0.5, 0.6) is 0 Å². The van der Waals surface area contributed by atoms with Crippen molar-refractivity contribution in [3.05, 3.63) is 23.3 Å². The highest BCUT2D eigenvalue weighted by Crippen LogP contribution is 2.38. The van der Waals surface area contributed by atoms with E-state index in [0.29, 0.717) is 25.3 Å². The number of ether oxygens (including phenoxy) is 1. The average Bonchev–Trinajstić information content (AvgIpc) is 3.22. The summed E-state index contributed by atoms with van der Waals surface area (Å²) in [7, 11) is 0. The van der Waals surface area contributed by atoms with Crippen molar-refractivity contribution >= 4 is 29.1 Å². The Kier molecular flexibility index (Phi) is 4.17. The summed E-state index contributed by atoms with van der Waals surface area (Å²) >= 11 is 0. The number of anilines is 2. The van der Waals surface area contributed by atoms with Crippen molar-refractivity contribution in [2.45, 2.75) is 38.2 Å². The normalized spacial score (nSPS) is 21.2. The third-order valence-electron chi connectivity index (χ3n) is 4.99. The highest BCUT2D eigenvalue weighted by Gasteiger charge is 2.32. The molecule has 1 fully saturated rings. The lowest BCUT2D eigenvalue weighted by molar-refractivity contribution is -0.136. The van der Waals surface area contributed by atoms with Crippen LogP contribution in [0.1, 0.15) is 30.4 Å². The molecule has 0 radical (unpaired) electrons. The first-order valence-corrected chi connectivity index (χ1v) is 8.79. The van der Waals surface area contributed by atoms with Crippen LogP contribution in [-0.2, 0) is 32.0 Å². The highest BCUT2D eigenvalue weighted by molar-refractivity contribution is 6.39. The summed E-state index contributed by atoms with van der Waals surface area (Å²) in [4.78, 5) is 38.0.